The lowest BCUT2D eigenvalue weighted by atomic mass is 10.2. The first-order valence-corrected chi connectivity index (χ1v) is 7.84. The van der Waals surface area contributed by atoms with Crippen molar-refractivity contribution in [3.8, 4) is 5.69 Å². The molecule has 8 nitrogen and oxygen atoms in total. The fourth-order valence-corrected chi connectivity index (χ4v) is 2.74. The molecule has 0 unspecified atom stereocenters. The van der Waals surface area contributed by atoms with Crippen LogP contribution in [-0.4, -0.2) is 32.3 Å². The number of nitrogen functional groups attached to an aromatic ring is 1. The normalized spacial score (nSPS) is 10.8. The Kier molecular flexibility index (Phi) is 4.72. The Labute approximate surface area is 151 Å². The number of nitrogens with one attached hydrogen (secondary N) is 1. The molecule has 3 aromatic rings. The smallest absolute Gasteiger partial charge is 0.404 e. The van der Waals surface area contributed by atoms with Crippen molar-refractivity contribution >= 4 is 34.4 Å². The van der Waals surface area contributed by atoms with Crippen LogP contribution in [0.1, 0.15) is 5.82 Å². The molecule has 0 saturated heterocycles. The molecule has 0 aliphatic carbocycles. The molecular weight excluding hydrogens is 365 g/mol. The summed E-state index contributed by atoms with van der Waals surface area (Å²) in [6.45, 7) is 0.0323. The molecule has 2 heterocycles. The zero-order chi connectivity index (χ0) is 18.8. The van der Waals surface area contributed by atoms with E-state index in [4.69, 9.17) is 22.4 Å². The predicted octanol–water partition coefficient (Wildman–Crippen LogP) is 1.97. The maximum atomic E-state index is 13.8. The van der Waals surface area contributed by atoms with Gasteiger partial charge in [-0.15, -0.1) is 0 Å². The van der Waals surface area contributed by atoms with Crippen LogP contribution in [0.5, 0.6) is 0 Å². The molecule has 10 heteroatoms. The van der Waals surface area contributed by atoms with Gasteiger partial charge in [0.05, 0.1) is 27.8 Å². The summed E-state index contributed by atoms with van der Waals surface area (Å²) in [5.41, 5.74) is 5.55. The lowest BCUT2D eigenvalue weighted by Crippen LogP contribution is -2.29. The standard InChI is InChI=1S/C16H13ClFN5O3/c17-14-9(18)2-3-10-13(14)15(24)23(8-1-4-11(19)21-7-8)12(22-10)5-6-20-16(25)26/h1-4,7,20H,5-6H2,(H2,19,21)(H,25,26). The number of hydrogen-bond donors (Lipinski definition) is 3. The minimum absolute atomic E-state index is 0.0323. The van der Waals surface area contributed by atoms with Crippen LogP contribution in [-0.2, 0) is 6.42 Å². The number of pyridine rings is 1. The molecule has 0 bridgehead atoms. The average Bonchev–Trinajstić information content (AvgIpc) is 2.59. The SMILES string of the molecule is Nc1ccc(-n2c(CCNC(=O)O)nc3ccc(F)c(Cl)c3c2=O)cn1. The van der Waals surface area contributed by atoms with Crippen LogP contribution >= 0.6 is 11.6 Å². The fraction of sp³-hybridized carbons (Fsp3) is 0.125. The monoisotopic (exact) mass is 377 g/mol. The molecule has 0 radical (unpaired) electrons. The first kappa shape index (κ1) is 17.6. The minimum atomic E-state index is -1.20. The van der Waals surface area contributed by atoms with Gasteiger partial charge in [-0.3, -0.25) is 9.36 Å². The van der Waals surface area contributed by atoms with Crippen LogP contribution in [0.15, 0.2) is 35.3 Å². The van der Waals surface area contributed by atoms with Crippen LogP contribution in [0.2, 0.25) is 5.02 Å². The third-order valence-electron chi connectivity index (χ3n) is 3.65. The Bertz CT molecular complexity index is 1050. The summed E-state index contributed by atoms with van der Waals surface area (Å²) < 4.78 is 15.0. The van der Waals surface area contributed by atoms with E-state index in [2.05, 4.69) is 15.3 Å². The molecule has 0 saturated carbocycles. The van der Waals surface area contributed by atoms with Crippen molar-refractivity contribution in [2.24, 2.45) is 0 Å². The van der Waals surface area contributed by atoms with E-state index in [1.165, 1.54) is 22.9 Å². The Hall–Kier alpha value is -3.20. The third-order valence-corrected chi connectivity index (χ3v) is 4.02. The van der Waals surface area contributed by atoms with Crippen LogP contribution in [0.25, 0.3) is 16.6 Å². The van der Waals surface area contributed by atoms with Gasteiger partial charge in [-0.2, -0.15) is 0 Å². The van der Waals surface area contributed by atoms with E-state index >= 15 is 0 Å². The van der Waals surface area contributed by atoms with Crippen LogP contribution in [0.3, 0.4) is 0 Å². The van der Waals surface area contributed by atoms with Gasteiger partial charge in [0.25, 0.3) is 5.56 Å². The van der Waals surface area contributed by atoms with Gasteiger partial charge in [0.15, 0.2) is 0 Å². The number of rotatable bonds is 4. The van der Waals surface area contributed by atoms with Gasteiger partial charge >= 0.3 is 6.09 Å². The van der Waals surface area contributed by atoms with E-state index in [9.17, 15) is 14.0 Å². The van der Waals surface area contributed by atoms with E-state index in [1.54, 1.807) is 6.07 Å². The third kappa shape index (κ3) is 3.29. The highest BCUT2D eigenvalue weighted by atomic mass is 35.5. The predicted molar refractivity (Wildman–Crippen MR) is 94.2 cm³/mol. The van der Waals surface area contributed by atoms with Gasteiger partial charge in [-0.05, 0) is 24.3 Å². The number of halogens is 2. The van der Waals surface area contributed by atoms with Gasteiger partial charge in [0.1, 0.15) is 17.5 Å². The Morgan fingerprint density at radius 1 is 1.35 bits per heavy atom. The molecule has 134 valence electrons. The van der Waals surface area contributed by atoms with E-state index in [0.717, 1.165) is 6.07 Å². The van der Waals surface area contributed by atoms with Crippen molar-refractivity contribution in [3.63, 3.8) is 0 Å². The molecule has 2 aromatic heterocycles. The van der Waals surface area contributed by atoms with Crippen molar-refractivity contribution < 1.29 is 14.3 Å². The van der Waals surface area contributed by atoms with Gasteiger partial charge in [-0.1, -0.05) is 11.6 Å². The van der Waals surface area contributed by atoms with Crippen molar-refractivity contribution in [2.45, 2.75) is 6.42 Å². The number of benzene rings is 1. The second kappa shape index (κ2) is 6.96. The van der Waals surface area contributed by atoms with E-state index in [-0.39, 0.29) is 40.5 Å². The molecule has 0 fully saturated rings. The maximum Gasteiger partial charge on any atom is 0.404 e. The molecule has 3 rings (SSSR count). The quantitative estimate of drug-likeness (QED) is 0.638. The molecule has 0 aliphatic heterocycles. The topological polar surface area (TPSA) is 123 Å². The number of fused-ring (bicyclic) bond motifs is 1. The van der Waals surface area contributed by atoms with Crippen LogP contribution in [0.4, 0.5) is 15.0 Å². The number of nitrogens with zero attached hydrogens (tertiary/aromatic N) is 3. The number of aromatic nitrogens is 3. The fourth-order valence-electron chi connectivity index (χ4n) is 2.50. The number of amides is 1. The highest BCUT2D eigenvalue weighted by Gasteiger charge is 2.17. The second-order valence-electron chi connectivity index (χ2n) is 5.35. The largest absolute Gasteiger partial charge is 0.465 e. The summed E-state index contributed by atoms with van der Waals surface area (Å²) in [4.78, 5) is 31.9. The van der Waals surface area contributed by atoms with Crippen LogP contribution in [0, 0.1) is 5.82 Å². The number of anilines is 1. The Morgan fingerprint density at radius 2 is 2.12 bits per heavy atom. The summed E-state index contributed by atoms with van der Waals surface area (Å²) in [5.74, 6) is -0.209. The first-order valence-electron chi connectivity index (χ1n) is 7.47. The number of carbonyl (C=O) groups is 1. The Balaban J connectivity index is 2.24. The van der Waals surface area contributed by atoms with Crippen molar-refractivity contribution in [1.82, 2.24) is 19.9 Å². The summed E-state index contributed by atoms with van der Waals surface area (Å²) in [7, 11) is 0. The summed E-state index contributed by atoms with van der Waals surface area (Å²) in [5, 5.41) is 10.5. The first-order chi connectivity index (χ1) is 12.4. The molecular formula is C16H13ClFN5O3. The van der Waals surface area contributed by atoms with E-state index in [1.807, 2.05) is 0 Å². The molecule has 1 amide bonds. The van der Waals surface area contributed by atoms with E-state index < -0.39 is 17.5 Å². The second-order valence-corrected chi connectivity index (χ2v) is 5.73. The molecule has 0 aliphatic rings. The number of nitrogens with two attached hydrogens (primary N) is 1. The van der Waals surface area contributed by atoms with Gasteiger partial charge in [0, 0.05) is 13.0 Å². The molecule has 4 N–H and O–H groups in total. The van der Waals surface area contributed by atoms with Crippen molar-refractivity contribution in [1.29, 1.82) is 0 Å². The van der Waals surface area contributed by atoms with Crippen molar-refractivity contribution in [3.05, 3.63) is 57.5 Å². The minimum Gasteiger partial charge on any atom is -0.465 e. The van der Waals surface area contributed by atoms with Gasteiger partial charge < -0.3 is 16.2 Å². The molecule has 26 heavy (non-hydrogen) atoms. The van der Waals surface area contributed by atoms with Crippen LogP contribution < -0.4 is 16.6 Å². The number of hydrogen-bond acceptors (Lipinski definition) is 5. The molecule has 1 aromatic carbocycles. The van der Waals surface area contributed by atoms with Gasteiger partial charge in [0.2, 0.25) is 0 Å². The number of carboxylic acid groups (broad SMARTS) is 1. The average molecular weight is 378 g/mol. The zero-order valence-corrected chi connectivity index (χ0v) is 14.0. The van der Waals surface area contributed by atoms with E-state index in [0.29, 0.717) is 5.69 Å². The Morgan fingerprint density at radius 3 is 2.77 bits per heavy atom. The summed E-state index contributed by atoms with van der Waals surface area (Å²) in [6.07, 6.45) is 0.293. The lowest BCUT2D eigenvalue weighted by molar-refractivity contribution is 0.194. The highest BCUT2D eigenvalue weighted by Crippen LogP contribution is 2.23. The molecule has 0 atom stereocenters. The zero-order valence-electron chi connectivity index (χ0n) is 13.2. The maximum absolute atomic E-state index is 13.8. The summed E-state index contributed by atoms with van der Waals surface area (Å²) >= 11 is 5.96. The van der Waals surface area contributed by atoms with Crippen molar-refractivity contribution in [2.75, 3.05) is 12.3 Å². The summed E-state index contributed by atoms with van der Waals surface area (Å²) in [6, 6.07) is 5.51. The van der Waals surface area contributed by atoms with Gasteiger partial charge in [-0.25, -0.2) is 19.2 Å². The molecule has 0 spiro atoms. The highest BCUT2D eigenvalue weighted by molar-refractivity contribution is 6.35. The lowest BCUT2D eigenvalue weighted by Gasteiger charge is -2.14.